The zero-order valence-electron chi connectivity index (χ0n) is 16.9. The predicted molar refractivity (Wildman–Crippen MR) is 127 cm³/mol. The molecule has 2 aliphatic rings. The number of thiophene rings is 1. The topological polar surface area (TPSA) is 91.5 Å². The van der Waals surface area contributed by atoms with Crippen molar-refractivity contribution in [3.05, 3.63) is 56.5 Å². The minimum atomic E-state index is -3.50. The molecule has 1 amide bonds. The number of rotatable bonds is 5. The van der Waals surface area contributed by atoms with E-state index in [1.807, 2.05) is 24.3 Å². The van der Waals surface area contributed by atoms with Gasteiger partial charge in [0.25, 0.3) is 5.91 Å². The molecule has 0 saturated carbocycles. The van der Waals surface area contributed by atoms with E-state index in [0.717, 1.165) is 15.8 Å². The lowest BCUT2D eigenvalue weighted by Crippen LogP contribution is -2.45. The van der Waals surface area contributed by atoms with Crippen molar-refractivity contribution in [3.8, 4) is 0 Å². The van der Waals surface area contributed by atoms with Gasteiger partial charge in [-0.05, 0) is 23.6 Å². The SMILES string of the molecule is O=C(N[C@@H]1Cc2ccccc2[C@H]1CS(=O)(=O)N1CCOCC1)c1cc2sc(Cl)c(Cl)c2[nH]1. The molecule has 1 aliphatic carbocycles. The fraction of sp³-hybridized carbons (Fsp3) is 0.381. The molecule has 1 saturated heterocycles. The van der Waals surface area contributed by atoms with Crippen LogP contribution >= 0.6 is 34.5 Å². The highest BCUT2D eigenvalue weighted by Crippen LogP contribution is 2.39. The summed E-state index contributed by atoms with van der Waals surface area (Å²) >= 11 is 13.6. The molecule has 2 aromatic heterocycles. The first-order chi connectivity index (χ1) is 15.3. The van der Waals surface area contributed by atoms with Gasteiger partial charge in [0, 0.05) is 25.0 Å². The summed E-state index contributed by atoms with van der Waals surface area (Å²) in [6.45, 7) is 1.51. The number of H-pyrrole nitrogens is 1. The van der Waals surface area contributed by atoms with Crippen LogP contribution in [0.2, 0.25) is 9.36 Å². The van der Waals surface area contributed by atoms with Crippen LogP contribution in [0.3, 0.4) is 0 Å². The van der Waals surface area contributed by atoms with E-state index in [0.29, 0.717) is 53.3 Å². The Morgan fingerprint density at radius 1 is 1.25 bits per heavy atom. The van der Waals surface area contributed by atoms with Crippen molar-refractivity contribution in [2.45, 2.75) is 18.4 Å². The molecule has 0 radical (unpaired) electrons. The average molecular weight is 514 g/mol. The van der Waals surface area contributed by atoms with E-state index in [4.69, 9.17) is 27.9 Å². The summed E-state index contributed by atoms with van der Waals surface area (Å²) in [6.07, 6.45) is 0.576. The Kier molecular flexibility index (Phi) is 5.98. The number of carbonyl (C=O) groups excluding carboxylic acids is 1. The molecule has 0 unspecified atom stereocenters. The summed E-state index contributed by atoms with van der Waals surface area (Å²) in [5, 5.41) is 3.45. The van der Waals surface area contributed by atoms with Crippen LogP contribution in [-0.4, -0.2) is 61.7 Å². The lowest BCUT2D eigenvalue weighted by Gasteiger charge is -2.29. The van der Waals surface area contributed by atoms with Crippen molar-refractivity contribution < 1.29 is 17.9 Å². The largest absolute Gasteiger partial charge is 0.379 e. The van der Waals surface area contributed by atoms with E-state index in [-0.39, 0.29) is 23.6 Å². The molecule has 32 heavy (non-hydrogen) atoms. The highest BCUT2D eigenvalue weighted by Gasteiger charge is 2.38. The van der Waals surface area contributed by atoms with Crippen molar-refractivity contribution in [2.24, 2.45) is 0 Å². The van der Waals surface area contributed by atoms with Crippen molar-refractivity contribution in [3.63, 3.8) is 0 Å². The third kappa shape index (κ3) is 4.06. The molecule has 3 heterocycles. The minimum absolute atomic E-state index is 0.0593. The Morgan fingerprint density at radius 3 is 2.75 bits per heavy atom. The Hall–Kier alpha value is -1.62. The molecule has 0 bridgehead atoms. The number of carbonyl (C=O) groups is 1. The zero-order valence-corrected chi connectivity index (χ0v) is 20.1. The smallest absolute Gasteiger partial charge is 0.268 e. The van der Waals surface area contributed by atoms with Gasteiger partial charge in [-0.25, -0.2) is 8.42 Å². The molecule has 7 nitrogen and oxygen atoms in total. The highest BCUT2D eigenvalue weighted by atomic mass is 35.5. The molecule has 3 aromatic rings. The number of benzene rings is 1. The van der Waals surface area contributed by atoms with Gasteiger partial charge in [-0.1, -0.05) is 47.5 Å². The second-order valence-electron chi connectivity index (χ2n) is 7.99. The maximum absolute atomic E-state index is 13.1. The number of nitrogens with zero attached hydrogens (tertiary/aromatic N) is 1. The number of morpholine rings is 1. The van der Waals surface area contributed by atoms with Crippen LogP contribution in [-0.2, 0) is 21.2 Å². The number of aromatic nitrogens is 1. The first-order valence-electron chi connectivity index (χ1n) is 10.2. The van der Waals surface area contributed by atoms with Crippen LogP contribution in [0.25, 0.3) is 10.2 Å². The van der Waals surface area contributed by atoms with Gasteiger partial charge in [0.2, 0.25) is 10.0 Å². The van der Waals surface area contributed by atoms with E-state index in [1.165, 1.54) is 15.6 Å². The fourth-order valence-electron chi connectivity index (χ4n) is 4.48. The highest BCUT2D eigenvalue weighted by molar-refractivity contribution is 7.89. The average Bonchev–Trinajstić information content (AvgIpc) is 3.42. The number of halogens is 2. The number of hydrogen-bond donors (Lipinski definition) is 2. The van der Waals surface area contributed by atoms with E-state index in [2.05, 4.69) is 10.3 Å². The first kappa shape index (κ1) is 22.2. The number of hydrogen-bond acceptors (Lipinski definition) is 5. The summed E-state index contributed by atoms with van der Waals surface area (Å²) in [5.41, 5.74) is 3.03. The standard InChI is InChI=1S/C21H21Cl2N3O4S2/c22-18-19-17(31-20(18)23)10-16(24-19)21(27)25-15-9-12-3-1-2-4-13(12)14(15)11-32(28,29)26-5-7-30-8-6-26/h1-4,10,14-15,24H,5-9,11H2,(H,25,27)/t14-,15-/m1/s1. The fourth-order valence-corrected chi connectivity index (χ4v) is 7.74. The summed E-state index contributed by atoms with van der Waals surface area (Å²) in [7, 11) is -3.50. The Labute approximate surface area is 199 Å². The molecule has 5 rings (SSSR count). The van der Waals surface area contributed by atoms with Crippen molar-refractivity contribution >= 4 is 60.7 Å². The molecule has 11 heteroatoms. The van der Waals surface area contributed by atoms with Gasteiger partial charge >= 0.3 is 0 Å². The molecule has 0 spiro atoms. The van der Waals surface area contributed by atoms with Crippen LogP contribution in [0.5, 0.6) is 0 Å². The van der Waals surface area contributed by atoms with Gasteiger partial charge in [-0.15, -0.1) is 11.3 Å². The van der Waals surface area contributed by atoms with E-state index >= 15 is 0 Å². The summed E-state index contributed by atoms with van der Waals surface area (Å²) in [5.74, 6) is -0.694. The number of fused-ring (bicyclic) bond motifs is 2. The number of aromatic amines is 1. The maximum atomic E-state index is 13.1. The van der Waals surface area contributed by atoms with Gasteiger partial charge in [0.15, 0.2) is 0 Å². The molecule has 1 aromatic carbocycles. The van der Waals surface area contributed by atoms with Gasteiger partial charge in [-0.2, -0.15) is 4.31 Å². The second kappa shape index (κ2) is 8.62. The number of sulfonamides is 1. The van der Waals surface area contributed by atoms with E-state index in [9.17, 15) is 13.2 Å². The van der Waals surface area contributed by atoms with Crippen LogP contribution in [0.4, 0.5) is 0 Å². The molecule has 2 atom stereocenters. The monoisotopic (exact) mass is 513 g/mol. The zero-order chi connectivity index (χ0) is 22.5. The summed E-state index contributed by atoms with van der Waals surface area (Å²) in [4.78, 5) is 16.1. The van der Waals surface area contributed by atoms with Gasteiger partial charge in [0.1, 0.15) is 10.0 Å². The molecule has 1 aliphatic heterocycles. The van der Waals surface area contributed by atoms with Crippen LogP contribution in [0.1, 0.15) is 27.5 Å². The quantitative estimate of drug-likeness (QED) is 0.544. The van der Waals surface area contributed by atoms with Gasteiger partial charge < -0.3 is 15.0 Å². The first-order valence-corrected chi connectivity index (χ1v) is 13.4. The molecule has 170 valence electrons. The van der Waals surface area contributed by atoms with Crippen LogP contribution in [0.15, 0.2) is 30.3 Å². The van der Waals surface area contributed by atoms with E-state index < -0.39 is 10.0 Å². The minimum Gasteiger partial charge on any atom is -0.379 e. The van der Waals surface area contributed by atoms with Crippen molar-refractivity contribution in [1.82, 2.24) is 14.6 Å². The van der Waals surface area contributed by atoms with Crippen LogP contribution in [0, 0.1) is 0 Å². The van der Waals surface area contributed by atoms with Gasteiger partial charge in [-0.3, -0.25) is 4.79 Å². The Morgan fingerprint density at radius 2 is 2.00 bits per heavy atom. The lowest BCUT2D eigenvalue weighted by atomic mass is 10.0. The Balaban J connectivity index is 1.39. The third-order valence-corrected chi connectivity index (χ3v) is 9.93. The number of ether oxygens (including phenoxy) is 1. The second-order valence-corrected chi connectivity index (χ2v) is 12.0. The Bertz CT molecular complexity index is 1280. The summed E-state index contributed by atoms with van der Waals surface area (Å²) < 4.78 is 34.3. The lowest BCUT2D eigenvalue weighted by molar-refractivity contribution is 0.0729. The normalized spacial score (nSPS) is 21.7. The molecule has 1 fully saturated rings. The number of amides is 1. The number of nitrogens with one attached hydrogen (secondary N) is 2. The van der Waals surface area contributed by atoms with Crippen molar-refractivity contribution in [1.29, 1.82) is 0 Å². The predicted octanol–water partition coefficient (Wildman–Crippen LogP) is 3.64. The molecular weight excluding hydrogens is 493 g/mol. The maximum Gasteiger partial charge on any atom is 0.268 e. The third-order valence-electron chi connectivity index (χ3n) is 6.07. The summed E-state index contributed by atoms with van der Waals surface area (Å²) in [6, 6.07) is 9.16. The molecule has 2 N–H and O–H groups in total. The molecular formula is C21H21Cl2N3O4S2. The van der Waals surface area contributed by atoms with Crippen molar-refractivity contribution in [2.75, 3.05) is 32.1 Å². The van der Waals surface area contributed by atoms with E-state index in [1.54, 1.807) is 6.07 Å². The van der Waals surface area contributed by atoms with Crippen LogP contribution < -0.4 is 5.32 Å². The van der Waals surface area contributed by atoms with Gasteiger partial charge in [0.05, 0.1) is 34.2 Å².